The molecule has 0 aromatic heterocycles. The molecular formula is C25H44BrN3O3. The summed E-state index contributed by atoms with van der Waals surface area (Å²) < 4.78 is 1.11. The Morgan fingerprint density at radius 2 is 1.75 bits per heavy atom. The van der Waals surface area contributed by atoms with Crippen molar-refractivity contribution in [3.05, 3.63) is 58.1 Å². The van der Waals surface area contributed by atoms with Gasteiger partial charge in [-0.1, -0.05) is 80.9 Å². The fourth-order valence-corrected chi connectivity index (χ4v) is 2.12. The lowest BCUT2D eigenvalue weighted by molar-refractivity contribution is -0.108. The average molecular weight is 515 g/mol. The van der Waals surface area contributed by atoms with Crippen LogP contribution in [0.2, 0.25) is 0 Å². The molecule has 0 aliphatic carbocycles. The molecule has 0 fully saturated rings. The van der Waals surface area contributed by atoms with Crippen LogP contribution in [0.5, 0.6) is 0 Å². The lowest BCUT2D eigenvalue weighted by Crippen LogP contribution is -2.25. The second kappa shape index (κ2) is 28.8. The molecule has 0 atom stereocenters. The summed E-state index contributed by atoms with van der Waals surface area (Å²) in [6.45, 7) is 18.6. The second-order valence-electron chi connectivity index (χ2n) is 6.51. The summed E-state index contributed by atoms with van der Waals surface area (Å²) in [4.78, 5) is 29.1. The molecule has 1 rings (SSSR count). The van der Waals surface area contributed by atoms with Gasteiger partial charge in [-0.3, -0.25) is 9.59 Å². The second-order valence-corrected chi connectivity index (χ2v) is 7.76. The van der Waals surface area contributed by atoms with Crippen molar-refractivity contribution < 1.29 is 14.4 Å². The van der Waals surface area contributed by atoms with Crippen molar-refractivity contribution in [3.8, 4) is 0 Å². The first-order valence-electron chi connectivity index (χ1n) is 10.8. The summed E-state index contributed by atoms with van der Waals surface area (Å²) in [6.07, 6.45) is 7.41. The molecule has 0 bridgehead atoms. The standard InChI is InChI=1S/C13H20N2O.C5H7Br.C4H8O.C2H6.CH3NO/c1-9(2)15-5-4-11-6-10(3)7-12(8-11)13(14)16;1-3-4-5(2)6;1-2-3-4-5;1-2;2-1-3/h6-9,15H,4-5H2,1-3H3,(H2,14,16);3-4H,1H2,2H3;4H,2-3H2,1H3;1-2H3;1H,(H2,2,3)/b;5-4+;;;. The zero-order valence-corrected chi connectivity index (χ0v) is 22.5. The number of amides is 2. The molecule has 7 heteroatoms. The van der Waals surface area contributed by atoms with E-state index in [9.17, 15) is 9.59 Å². The van der Waals surface area contributed by atoms with Crippen LogP contribution < -0.4 is 16.8 Å². The molecule has 0 spiro atoms. The monoisotopic (exact) mass is 513 g/mol. The number of nitrogens with two attached hydrogens (primary N) is 2. The van der Waals surface area contributed by atoms with E-state index in [1.54, 1.807) is 6.08 Å². The van der Waals surface area contributed by atoms with Crippen LogP contribution in [-0.2, 0) is 16.0 Å². The maximum absolute atomic E-state index is 11.1. The van der Waals surface area contributed by atoms with Crippen molar-refractivity contribution in [1.29, 1.82) is 0 Å². The fourth-order valence-electron chi connectivity index (χ4n) is 1.93. The van der Waals surface area contributed by atoms with E-state index in [1.807, 2.05) is 52.8 Å². The fraction of sp³-hybridized carbons (Fsp3) is 0.480. The number of halogens is 1. The normalized spacial score (nSPS) is 9.22. The van der Waals surface area contributed by atoms with Crippen LogP contribution >= 0.6 is 15.9 Å². The number of aryl methyl sites for hydroxylation is 1. The number of nitrogens with one attached hydrogen (secondary N) is 1. The zero-order chi connectivity index (χ0) is 25.9. The molecule has 1 aromatic carbocycles. The van der Waals surface area contributed by atoms with Crippen LogP contribution in [-0.4, -0.2) is 31.2 Å². The van der Waals surface area contributed by atoms with E-state index in [4.69, 9.17) is 10.5 Å². The lowest BCUT2D eigenvalue weighted by Gasteiger charge is -2.09. The highest BCUT2D eigenvalue weighted by Crippen LogP contribution is 2.09. The van der Waals surface area contributed by atoms with Crippen LogP contribution in [0.1, 0.15) is 75.9 Å². The predicted octanol–water partition coefficient (Wildman–Crippen LogP) is 5.22. The molecule has 32 heavy (non-hydrogen) atoms. The molecule has 0 unspecified atom stereocenters. The summed E-state index contributed by atoms with van der Waals surface area (Å²) in [5.41, 5.74) is 12.3. The lowest BCUT2D eigenvalue weighted by atomic mass is 10.0. The largest absolute Gasteiger partial charge is 0.372 e. The van der Waals surface area contributed by atoms with Crippen LogP contribution in [0.25, 0.3) is 0 Å². The summed E-state index contributed by atoms with van der Waals surface area (Å²) in [7, 11) is 0. The Labute approximate surface area is 204 Å². The van der Waals surface area contributed by atoms with Gasteiger partial charge in [0.2, 0.25) is 12.3 Å². The third kappa shape index (κ3) is 32.4. The molecule has 5 N–H and O–H groups in total. The number of allylic oxidation sites excluding steroid dienone is 3. The predicted molar refractivity (Wildman–Crippen MR) is 142 cm³/mol. The van der Waals surface area contributed by atoms with E-state index >= 15 is 0 Å². The van der Waals surface area contributed by atoms with Crippen LogP contribution in [0.3, 0.4) is 0 Å². The van der Waals surface area contributed by atoms with Gasteiger partial charge >= 0.3 is 0 Å². The minimum atomic E-state index is -0.359. The number of carbonyl (C=O) groups is 3. The molecule has 0 saturated heterocycles. The van der Waals surface area contributed by atoms with Crippen molar-refractivity contribution >= 4 is 34.5 Å². The quantitative estimate of drug-likeness (QED) is 0.326. The number of unbranched alkanes of at least 4 members (excludes halogenated alkanes) is 1. The number of aldehydes is 1. The zero-order valence-electron chi connectivity index (χ0n) is 20.9. The van der Waals surface area contributed by atoms with Crippen molar-refractivity contribution in [2.45, 2.75) is 73.8 Å². The Kier molecular flexibility index (Phi) is 33.3. The van der Waals surface area contributed by atoms with Gasteiger partial charge in [-0.05, 0) is 55.4 Å². The van der Waals surface area contributed by atoms with Crippen LogP contribution in [0.15, 0.2) is 41.4 Å². The van der Waals surface area contributed by atoms with Gasteiger partial charge in [-0.15, -0.1) is 0 Å². The average Bonchev–Trinajstić information content (AvgIpc) is 2.71. The highest BCUT2D eigenvalue weighted by Gasteiger charge is 2.03. The smallest absolute Gasteiger partial charge is 0.248 e. The minimum absolute atomic E-state index is 0.250. The summed E-state index contributed by atoms with van der Waals surface area (Å²) in [5.74, 6) is -0.359. The van der Waals surface area contributed by atoms with E-state index in [2.05, 4.69) is 53.5 Å². The highest BCUT2D eigenvalue weighted by atomic mass is 79.9. The molecule has 0 radical (unpaired) electrons. The van der Waals surface area contributed by atoms with Gasteiger partial charge in [0.1, 0.15) is 6.29 Å². The van der Waals surface area contributed by atoms with Crippen LogP contribution in [0.4, 0.5) is 0 Å². The molecule has 184 valence electrons. The van der Waals surface area contributed by atoms with Gasteiger partial charge in [-0.25, -0.2) is 0 Å². The molecule has 0 heterocycles. The number of primary amides is 2. The van der Waals surface area contributed by atoms with E-state index < -0.39 is 0 Å². The molecule has 0 saturated carbocycles. The Bertz CT molecular complexity index is 641. The summed E-state index contributed by atoms with van der Waals surface area (Å²) >= 11 is 3.22. The van der Waals surface area contributed by atoms with Crippen molar-refractivity contribution in [2.24, 2.45) is 11.5 Å². The van der Waals surface area contributed by atoms with E-state index in [0.717, 1.165) is 41.3 Å². The van der Waals surface area contributed by atoms with Gasteiger partial charge < -0.3 is 21.6 Å². The maximum atomic E-state index is 11.1. The van der Waals surface area contributed by atoms with Crippen molar-refractivity contribution in [1.82, 2.24) is 5.32 Å². The third-order valence-corrected chi connectivity index (χ3v) is 3.41. The van der Waals surface area contributed by atoms with Crippen molar-refractivity contribution in [2.75, 3.05) is 6.54 Å². The highest BCUT2D eigenvalue weighted by molar-refractivity contribution is 9.11. The first-order valence-corrected chi connectivity index (χ1v) is 11.6. The molecule has 0 aliphatic rings. The molecule has 2 amide bonds. The molecular weight excluding hydrogens is 470 g/mol. The van der Waals surface area contributed by atoms with E-state index in [1.165, 1.54) is 0 Å². The number of benzene rings is 1. The first-order chi connectivity index (χ1) is 15.1. The van der Waals surface area contributed by atoms with E-state index in [0.29, 0.717) is 18.0 Å². The molecule has 1 aromatic rings. The number of rotatable bonds is 8. The van der Waals surface area contributed by atoms with Gasteiger partial charge in [0.15, 0.2) is 0 Å². The summed E-state index contributed by atoms with van der Waals surface area (Å²) in [5, 5.41) is 3.35. The Morgan fingerprint density at radius 1 is 1.22 bits per heavy atom. The Balaban J connectivity index is -0.000000202. The van der Waals surface area contributed by atoms with Gasteiger partial charge in [0.05, 0.1) is 0 Å². The first kappa shape index (κ1) is 37.1. The van der Waals surface area contributed by atoms with Gasteiger partial charge in [0, 0.05) is 18.0 Å². The van der Waals surface area contributed by atoms with Gasteiger partial charge in [0.25, 0.3) is 0 Å². The number of hydrogen-bond donors (Lipinski definition) is 3. The molecule has 6 nitrogen and oxygen atoms in total. The Hall–Kier alpha value is -2.25. The van der Waals surface area contributed by atoms with Gasteiger partial charge in [-0.2, -0.15) is 0 Å². The number of carbonyl (C=O) groups excluding carboxylic acids is 3. The maximum Gasteiger partial charge on any atom is 0.248 e. The SMILES string of the molecule is C=C/C=C(\C)Br.CC.CCCC=O.Cc1cc(CCNC(C)C)cc(C(N)=O)c1.NC=O. The van der Waals surface area contributed by atoms with Crippen molar-refractivity contribution in [3.63, 3.8) is 0 Å². The topological polar surface area (TPSA) is 115 Å². The third-order valence-electron chi connectivity index (χ3n) is 3.14. The van der Waals surface area contributed by atoms with E-state index in [-0.39, 0.29) is 12.3 Å². The minimum Gasteiger partial charge on any atom is -0.372 e. The Morgan fingerprint density at radius 3 is 2.03 bits per heavy atom. The molecule has 0 aliphatic heterocycles. The van der Waals surface area contributed by atoms with Crippen LogP contribution in [0, 0.1) is 6.92 Å². The summed E-state index contributed by atoms with van der Waals surface area (Å²) in [6, 6.07) is 6.27. The number of hydrogen-bond acceptors (Lipinski definition) is 4.